The van der Waals surface area contributed by atoms with Crippen LogP contribution in [0.5, 0.6) is 0 Å². The van der Waals surface area contributed by atoms with Crippen LogP contribution < -0.4 is 0 Å². The third kappa shape index (κ3) is 5.24. The van der Waals surface area contributed by atoms with Gasteiger partial charge in [0.25, 0.3) is 0 Å². The van der Waals surface area contributed by atoms with Crippen LogP contribution in [0.15, 0.2) is 58.7 Å². The van der Waals surface area contributed by atoms with E-state index < -0.39 is 0 Å². The molecule has 3 rings (SSSR count). The zero-order valence-corrected chi connectivity index (χ0v) is 17.7. The molecule has 1 heterocycles. The quantitative estimate of drug-likeness (QED) is 0.433. The molecular weight excluding hydrogens is 390 g/mol. The highest BCUT2D eigenvalue weighted by atomic mass is 35.5. The van der Waals surface area contributed by atoms with Gasteiger partial charge in [0, 0.05) is 5.02 Å². The van der Waals surface area contributed by atoms with Gasteiger partial charge in [-0.3, -0.25) is 9.69 Å². The van der Waals surface area contributed by atoms with E-state index in [4.69, 9.17) is 11.6 Å². The van der Waals surface area contributed by atoms with Gasteiger partial charge >= 0.3 is 0 Å². The van der Waals surface area contributed by atoms with Gasteiger partial charge < -0.3 is 0 Å². The van der Waals surface area contributed by atoms with E-state index in [2.05, 4.69) is 36.2 Å². The van der Waals surface area contributed by atoms with Crippen molar-refractivity contribution >= 4 is 40.7 Å². The van der Waals surface area contributed by atoms with Crippen LogP contribution in [0.1, 0.15) is 42.9 Å². The van der Waals surface area contributed by atoms with Crippen LogP contribution >= 0.6 is 23.4 Å². The lowest BCUT2D eigenvalue weighted by molar-refractivity contribution is -0.126. The van der Waals surface area contributed by atoms with E-state index in [9.17, 15) is 4.79 Å². The van der Waals surface area contributed by atoms with Crippen molar-refractivity contribution in [1.29, 1.82) is 0 Å². The van der Waals surface area contributed by atoms with Crippen LogP contribution in [-0.4, -0.2) is 27.4 Å². The Balaban J connectivity index is 1.81. The molecule has 0 N–H and O–H groups in total. The highest BCUT2D eigenvalue weighted by Crippen LogP contribution is 2.32. The average Bonchev–Trinajstić information content (AvgIpc) is 2.98. The maximum absolute atomic E-state index is 13.0. The molecule has 1 saturated heterocycles. The van der Waals surface area contributed by atoms with Gasteiger partial charge in [-0.25, -0.2) is 0 Å². The number of hydrogen-bond donors (Lipinski definition) is 0. The number of amidine groups is 1. The standard InChI is InChI=1S/C22H24ClN3OS/c1-3-4-9-20-21(27)26(15-18-8-6-5-7-16(18)2)22(28-20)25-24-14-17-10-12-19(23)13-11-17/h5-8,10-14,20H,3-4,9,15H2,1-2H3/b24-14-,25-22+/t20-/m1/s1. The first-order valence-electron chi connectivity index (χ1n) is 9.47. The fourth-order valence-electron chi connectivity index (χ4n) is 2.96. The molecule has 0 radical (unpaired) electrons. The van der Waals surface area contributed by atoms with Crippen molar-refractivity contribution in [3.8, 4) is 0 Å². The van der Waals surface area contributed by atoms with Gasteiger partial charge in [-0.05, 0) is 42.2 Å². The summed E-state index contributed by atoms with van der Waals surface area (Å²) in [5.41, 5.74) is 3.21. The minimum Gasteiger partial charge on any atom is -0.284 e. The number of amides is 1. The molecule has 1 aliphatic rings. The van der Waals surface area contributed by atoms with Gasteiger partial charge in [0.05, 0.1) is 18.0 Å². The van der Waals surface area contributed by atoms with Gasteiger partial charge in [0.2, 0.25) is 5.91 Å². The Morgan fingerprint density at radius 3 is 2.64 bits per heavy atom. The number of rotatable bonds is 7. The lowest BCUT2D eigenvalue weighted by Crippen LogP contribution is -2.31. The Kier molecular flexibility index (Phi) is 7.29. The third-order valence-electron chi connectivity index (χ3n) is 4.65. The summed E-state index contributed by atoms with van der Waals surface area (Å²) in [6.45, 7) is 4.73. The van der Waals surface area contributed by atoms with E-state index in [1.54, 1.807) is 11.1 Å². The fraction of sp³-hybridized carbons (Fsp3) is 0.318. The number of benzene rings is 2. The van der Waals surface area contributed by atoms with Crippen molar-refractivity contribution in [2.45, 2.75) is 44.9 Å². The lowest BCUT2D eigenvalue weighted by Gasteiger charge is -2.17. The number of carbonyl (C=O) groups excluding carboxylic acids is 1. The second kappa shape index (κ2) is 9.89. The van der Waals surface area contributed by atoms with Gasteiger partial charge in [-0.2, -0.15) is 5.10 Å². The SMILES string of the molecule is CCCC[C@H]1S/C(=N/N=C\c2ccc(Cl)cc2)N(Cc2ccccc2C)C1=O. The Hall–Kier alpha value is -2.11. The summed E-state index contributed by atoms with van der Waals surface area (Å²) in [5, 5.41) is 9.87. The molecule has 0 bridgehead atoms. The van der Waals surface area contributed by atoms with E-state index >= 15 is 0 Å². The molecular formula is C22H24ClN3OS. The van der Waals surface area contributed by atoms with Crippen LogP contribution in [-0.2, 0) is 11.3 Å². The molecule has 28 heavy (non-hydrogen) atoms. The van der Waals surface area contributed by atoms with E-state index in [1.807, 2.05) is 36.4 Å². The highest BCUT2D eigenvalue weighted by Gasteiger charge is 2.37. The zero-order chi connectivity index (χ0) is 19.9. The molecule has 2 aromatic carbocycles. The maximum Gasteiger partial charge on any atom is 0.242 e. The monoisotopic (exact) mass is 413 g/mol. The molecule has 1 fully saturated rings. The fourth-order valence-corrected chi connectivity index (χ4v) is 4.23. The molecule has 1 aliphatic heterocycles. The molecule has 0 aliphatic carbocycles. The molecule has 146 valence electrons. The topological polar surface area (TPSA) is 45.0 Å². The van der Waals surface area contributed by atoms with Crippen molar-refractivity contribution in [3.05, 3.63) is 70.2 Å². The smallest absolute Gasteiger partial charge is 0.242 e. The molecule has 0 spiro atoms. The van der Waals surface area contributed by atoms with E-state index in [0.29, 0.717) is 16.7 Å². The van der Waals surface area contributed by atoms with Gasteiger partial charge in [0.15, 0.2) is 5.17 Å². The van der Waals surface area contributed by atoms with Crippen LogP contribution in [0.25, 0.3) is 0 Å². The maximum atomic E-state index is 13.0. The predicted octanol–water partition coefficient (Wildman–Crippen LogP) is 5.67. The largest absolute Gasteiger partial charge is 0.284 e. The summed E-state index contributed by atoms with van der Waals surface area (Å²) >= 11 is 7.43. The molecule has 0 unspecified atom stereocenters. The molecule has 4 nitrogen and oxygen atoms in total. The second-order valence-corrected chi connectivity index (χ2v) is 8.38. The normalized spacial score (nSPS) is 18.5. The van der Waals surface area contributed by atoms with Gasteiger partial charge in [-0.15, -0.1) is 5.10 Å². The van der Waals surface area contributed by atoms with Crippen molar-refractivity contribution in [1.82, 2.24) is 4.90 Å². The summed E-state index contributed by atoms with van der Waals surface area (Å²) in [4.78, 5) is 14.7. The first kappa shape index (κ1) is 20.6. The molecule has 1 amide bonds. The van der Waals surface area contributed by atoms with E-state index in [0.717, 1.165) is 30.4 Å². The first-order chi connectivity index (χ1) is 13.6. The molecule has 2 aromatic rings. The van der Waals surface area contributed by atoms with Crippen molar-refractivity contribution < 1.29 is 4.79 Å². The molecule has 1 atom stereocenters. The van der Waals surface area contributed by atoms with E-state index in [1.165, 1.54) is 17.3 Å². The van der Waals surface area contributed by atoms with E-state index in [-0.39, 0.29) is 11.2 Å². The summed E-state index contributed by atoms with van der Waals surface area (Å²) in [6, 6.07) is 15.5. The zero-order valence-electron chi connectivity index (χ0n) is 16.1. The van der Waals surface area contributed by atoms with Crippen molar-refractivity contribution in [2.75, 3.05) is 0 Å². The average molecular weight is 414 g/mol. The number of nitrogens with zero attached hydrogens (tertiary/aromatic N) is 3. The minimum absolute atomic E-state index is 0.0755. The minimum atomic E-state index is -0.0755. The molecule has 6 heteroatoms. The summed E-state index contributed by atoms with van der Waals surface area (Å²) in [5.74, 6) is 0.127. The van der Waals surface area contributed by atoms with Crippen molar-refractivity contribution in [3.63, 3.8) is 0 Å². The Morgan fingerprint density at radius 1 is 1.18 bits per heavy atom. The van der Waals surface area contributed by atoms with Crippen molar-refractivity contribution in [2.24, 2.45) is 10.2 Å². The van der Waals surface area contributed by atoms with Gasteiger partial charge in [0.1, 0.15) is 0 Å². The predicted molar refractivity (Wildman–Crippen MR) is 119 cm³/mol. The highest BCUT2D eigenvalue weighted by molar-refractivity contribution is 8.15. The Bertz CT molecular complexity index is 880. The number of aryl methyl sites for hydroxylation is 1. The third-order valence-corrected chi connectivity index (χ3v) is 6.14. The van der Waals surface area contributed by atoms with Crippen LogP contribution in [0, 0.1) is 6.92 Å². The molecule has 0 aromatic heterocycles. The number of hydrogen-bond acceptors (Lipinski definition) is 4. The van der Waals surface area contributed by atoms with Gasteiger partial charge in [-0.1, -0.05) is 79.5 Å². The second-order valence-electron chi connectivity index (χ2n) is 6.78. The lowest BCUT2D eigenvalue weighted by atomic mass is 10.1. The number of carbonyl (C=O) groups is 1. The van der Waals surface area contributed by atoms with Crippen LogP contribution in [0.2, 0.25) is 5.02 Å². The summed E-state index contributed by atoms with van der Waals surface area (Å²) in [6.07, 6.45) is 4.65. The number of unbranched alkanes of at least 4 members (excludes halogenated alkanes) is 1. The summed E-state index contributed by atoms with van der Waals surface area (Å²) in [7, 11) is 0. The van der Waals surface area contributed by atoms with Crippen LogP contribution in [0.3, 0.4) is 0 Å². The molecule has 0 saturated carbocycles. The van der Waals surface area contributed by atoms with Crippen LogP contribution in [0.4, 0.5) is 0 Å². The Morgan fingerprint density at radius 2 is 1.93 bits per heavy atom. The Labute approximate surface area is 175 Å². The summed E-state index contributed by atoms with van der Waals surface area (Å²) < 4.78 is 0. The number of thioether (sulfide) groups is 1. The number of halogens is 1. The first-order valence-corrected chi connectivity index (χ1v) is 10.7.